The highest BCUT2D eigenvalue weighted by Crippen LogP contribution is 2.27. The van der Waals surface area contributed by atoms with E-state index in [-0.39, 0.29) is 31.0 Å². The second-order valence-electron chi connectivity index (χ2n) is 9.20. The first kappa shape index (κ1) is 27.6. The van der Waals surface area contributed by atoms with E-state index in [0.717, 1.165) is 16.7 Å². The highest BCUT2D eigenvalue weighted by Gasteiger charge is 2.32. The number of nitrogens with zero attached hydrogens (tertiary/aromatic N) is 1. The van der Waals surface area contributed by atoms with Gasteiger partial charge in [-0.1, -0.05) is 65.7 Å². The quantitative estimate of drug-likeness (QED) is 0.344. The normalized spacial score (nSPS) is 11.8. The van der Waals surface area contributed by atoms with Crippen molar-refractivity contribution in [3.8, 4) is 5.75 Å². The summed E-state index contributed by atoms with van der Waals surface area (Å²) in [6.07, 6.45) is 0.330. The molecule has 0 fully saturated rings. The van der Waals surface area contributed by atoms with Crippen LogP contribution in [0.5, 0.6) is 5.75 Å². The first-order valence-corrected chi connectivity index (χ1v) is 12.7. The number of hydrogen-bond acceptors (Lipinski definition) is 3. The standard InChI is InChI=1S/C29H32Cl2N2O3/c1-19(2)32-29(35)27(16-22-9-6-5-7-10-22)33(17-24-25(30)11-8-12-26(24)31)28(34)18-36-23-14-20(3)13-21(4)15-23/h5-15,19,27H,16-18H2,1-4H3,(H,32,35)/t27-/m1/s1. The lowest BCUT2D eigenvalue weighted by Gasteiger charge is -2.32. The van der Waals surface area contributed by atoms with Crippen LogP contribution < -0.4 is 10.1 Å². The number of hydrogen-bond donors (Lipinski definition) is 1. The average Bonchev–Trinajstić information content (AvgIpc) is 2.81. The van der Waals surface area contributed by atoms with E-state index < -0.39 is 6.04 Å². The van der Waals surface area contributed by atoms with Gasteiger partial charge in [0.1, 0.15) is 11.8 Å². The summed E-state index contributed by atoms with van der Waals surface area (Å²) in [4.78, 5) is 28.6. The molecule has 36 heavy (non-hydrogen) atoms. The van der Waals surface area contributed by atoms with E-state index in [1.165, 1.54) is 4.90 Å². The third-order valence-electron chi connectivity index (χ3n) is 5.65. The third-order valence-corrected chi connectivity index (χ3v) is 6.36. The Morgan fingerprint density at radius 1 is 0.917 bits per heavy atom. The Hall–Kier alpha value is -3.02. The van der Waals surface area contributed by atoms with Gasteiger partial charge in [0.05, 0.1) is 0 Å². The molecule has 3 aromatic rings. The molecule has 0 aliphatic rings. The molecule has 7 heteroatoms. The largest absolute Gasteiger partial charge is 0.484 e. The van der Waals surface area contributed by atoms with Crippen LogP contribution in [-0.4, -0.2) is 35.4 Å². The molecule has 3 rings (SSSR count). The number of nitrogens with one attached hydrogen (secondary N) is 1. The van der Waals surface area contributed by atoms with E-state index in [1.54, 1.807) is 18.2 Å². The number of ether oxygens (including phenoxy) is 1. The van der Waals surface area contributed by atoms with Crippen molar-refractivity contribution in [2.24, 2.45) is 0 Å². The molecule has 0 aromatic heterocycles. The maximum atomic E-state index is 13.7. The SMILES string of the molecule is Cc1cc(C)cc(OCC(=O)N(Cc2c(Cl)cccc2Cl)[C@H](Cc2ccccc2)C(=O)NC(C)C)c1. The van der Waals surface area contributed by atoms with Crippen LogP contribution in [0.4, 0.5) is 0 Å². The molecule has 2 amide bonds. The molecule has 5 nitrogen and oxygen atoms in total. The van der Waals surface area contributed by atoms with Crippen LogP contribution in [0.3, 0.4) is 0 Å². The molecule has 190 valence electrons. The van der Waals surface area contributed by atoms with Gasteiger partial charge in [0.2, 0.25) is 5.91 Å². The van der Waals surface area contributed by atoms with Gasteiger partial charge in [0.15, 0.2) is 6.61 Å². The maximum Gasteiger partial charge on any atom is 0.261 e. The zero-order chi connectivity index (χ0) is 26.2. The molecule has 0 saturated heterocycles. The van der Waals surface area contributed by atoms with E-state index in [1.807, 2.05) is 76.2 Å². The van der Waals surface area contributed by atoms with E-state index in [2.05, 4.69) is 5.32 Å². The zero-order valence-corrected chi connectivity index (χ0v) is 22.6. The fourth-order valence-corrected chi connectivity index (χ4v) is 4.55. The molecule has 1 N–H and O–H groups in total. The van der Waals surface area contributed by atoms with Crippen LogP contribution in [0.2, 0.25) is 10.0 Å². The Balaban J connectivity index is 1.96. The minimum atomic E-state index is -0.794. The molecule has 0 spiro atoms. The topological polar surface area (TPSA) is 58.6 Å². The Morgan fingerprint density at radius 2 is 1.53 bits per heavy atom. The van der Waals surface area contributed by atoms with E-state index >= 15 is 0 Å². The van der Waals surface area contributed by atoms with Gasteiger partial charge >= 0.3 is 0 Å². The zero-order valence-electron chi connectivity index (χ0n) is 21.1. The minimum Gasteiger partial charge on any atom is -0.484 e. The number of rotatable bonds is 10. The molecule has 3 aromatic carbocycles. The summed E-state index contributed by atoms with van der Waals surface area (Å²) in [6.45, 7) is 7.55. The molecule has 1 atom stereocenters. The summed E-state index contributed by atoms with van der Waals surface area (Å²) < 4.78 is 5.88. The van der Waals surface area contributed by atoms with Crippen LogP contribution >= 0.6 is 23.2 Å². The Morgan fingerprint density at radius 3 is 2.11 bits per heavy atom. The highest BCUT2D eigenvalue weighted by molar-refractivity contribution is 6.36. The van der Waals surface area contributed by atoms with Crippen LogP contribution in [-0.2, 0) is 22.6 Å². The molecule has 0 saturated carbocycles. The van der Waals surface area contributed by atoms with Gasteiger partial charge in [-0.15, -0.1) is 0 Å². The summed E-state index contributed by atoms with van der Waals surface area (Å²) >= 11 is 12.9. The molecule has 0 unspecified atom stereocenters. The Bertz CT molecular complexity index is 1160. The van der Waals surface area contributed by atoms with Crippen molar-refractivity contribution in [1.82, 2.24) is 10.2 Å². The van der Waals surface area contributed by atoms with Crippen LogP contribution in [0, 0.1) is 13.8 Å². The number of benzene rings is 3. The first-order chi connectivity index (χ1) is 17.1. The number of aryl methyl sites for hydroxylation is 2. The molecular weight excluding hydrogens is 495 g/mol. The van der Waals surface area contributed by atoms with Gasteiger partial charge in [0, 0.05) is 34.6 Å². The van der Waals surface area contributed by atoms with Crippen molar-refractivity contribution in [3.05, 3.63) is 99.0 Å². The summed E-state index contributed by atoms with van der Waals surface area (Å²) in [6, 6.07) is 19.7. The van der Waals surface area contributed by atoms with Crippen molar-refractivity contribution >= 4 is 35.0 Å². The lowest BCUT2D eigenvalue weighted by molar-refractivity contribution is -0.143. The predicted molar refractivity (Wildman–Crippen MR) is 146 cm³/mol. The van der Waals surface area contributed by atoms with Crippen LogP contribution in [0.15, 0.2) is 66.7 Å². The molecule has 0 radical (unpaired) electrons. The van der Waals surface area contributed by atoms with Gasteiger partial charge in [-0.05, 0) is 68.7 Å². The highest BCUT2D eigenvalue weighted by atomic mass is 35.5. The first-order valence-electron chi connectivity index (χ1n) is 11.9. The van der Waals surface area contributed by atoms with E-state index in [9.17, 15) is 9.59 Å². The smallest absolute Gasteiger partial charge is 0.261 e. The van der Waals surface area contributed by atoms with E-state index in [4.69, 9.17) is 27.9 Å². The van der Waals surface area contributed by atoms with Gasteiger partial charge in [0.25, 0.3) is 5.91 Å². The van der Waals surface area contributed by atoms with Gasteiger partial charge < -0.3 is 15.0 Å². The third kappa shape index (κ3) is 7.74. The molecular formula is C29H32Cl2N2O3. The Labute approximate surface area is 223 Å². The molecule has 0 heterocycles. The lowest BCUT2D eigenvalue weighted by Crippen LogP contribution is -2.52. The lowest BCUT2D eigenvalue weighted by atomic mass is 10.0. The fourth-order valence-electron chi connectivity index (χ4n) is 4.03. The van der Waals surface area contributed by atoms with E-state index in [0.29, 0.717) is 27.8 Å². The van der Waals surface area contributed by atoms with Crippen molar-refractivity contribution in [2.75, 3.05) is 6.61 Å². The second-order valence-corrected chi connectivity index (χ2v) is 10.0. The Kier molecular flexibility index (Phi) is 9.80. The molecule has 0 aliphatic carbocycles. The summed E-state index contributed by atoms with van der Waals surface area (Å²) in [7, 11) is 0. The second kappa shape index (κ2) is 12.8. The van der Waals surface area contributed by atoms with Gasteiger partial charge in [-0.25, -0.2) is 0 Å². The molecule has 0 bridgehead atoms. The van der Waals surface area contributed by atoms with Crippen LogP contribution in [0.25, 0.3) is 0 Å². The van der Waals surface area contributed by atoms with Crippen molar-refractivity contribution in [3.63, 3.8) is 0 Å². The number of carbonyl (C=O) groups is 2. The molecule has 0 aliphatic heterocycles. The van der Waals surface area contributed by atoms with Gasteiger partial charge in [-0.2, -0.15) is 0 Å². The van der Waals surface area contributed by atoms with Gasteiger partial charge in [-0.3, -0.25) is 9.59 Å². The minimum absolute atomic E-state index is 0.0660. The van der Waals surface area contributed by atoms with Crippen molar-refractivity contribution in [2.45, 2.75) is 52.7 Å². The number of halogens is 2. The summed E-state index contributed by atoms with van der Waals surface area (Å²) in [5.41, 5.74) is 3.58. The average molecular weight is 527 g/mol. The monoisotopic (exact) mass is 526 g/mol. The van der Waals surface area contributed by atoms with Crippen molar-refractivity contribution < 1.29 is 14.3 Å². The maximum absolute atomic E-state index is 13.7. The number of amides is 2. The number of carbonyl (C=O) groups excluding carboxylic acids is 2. The van der Waals surface area contributed by atoms with Crippen LogP contribution in [0.1, 0.15) is 36.1 Å². The summed E-state index contributed by atoms with van der Waals surface area (Å²) in [5, 5.41) is 3.82. The fraction of sp³-hybridized carbons (Fsp3) is 0.310. The summed E-state index contributed by atoms with van der Waals surface area (Å²) in [5.74, 6) is 0.00424. The predicted octanol–water partition coefficient (Wildman–Crippen LogP) is 6.15. The van der Waals surface area contributed by atoms with Crippen molar-refractivity contribution in [1.29, 1.82) is 0 Å².